The van der Waals surface area contributed by atoms with E-state index in [2.05, 4.69) is 15.9 Å². The largest absolute Gasteiger partial charge is 0.488 e. The molecule has 0 aliphatic heterocycles. The summed E-state index contributed by atoms with van der Waals surface area (Å²) in [5.74, 6) is 0.729. The molecule has 6 heteroatoms. The van der Waals surface area contributed by atoms with Gasteiger partial charge in [0.25, 0.3) is 5.69 Å². The molecule has 2 aromatic rings. The number of hydrogen-bond donors (Lipinski definition) is 1. The number of rotatable bonds is 5. The van der Waals surface area contributed by atoms with E-state index in [1.807, 2.05) is 19.1 Å². The Morgan fingerprint density at radius 2 is 2.10 bits per heavy atom. The minimum atomic E-state index is -0.417. The molecule has 0 unspecified atom stereocenters. The van der Waals surface area contributed by atoms with Crippen LogP contribution in [0.2, 0.25) is 0 Å². The highest BCUT2D eigenvalue weighted by atomic mass is 79.9. The predicted molar refractivity (Wildman–Crippen MR) is 84.2 cm³/mol. The Labute approximate surface area is 131 Å². The van der Waals surface area contributed by atoms with Gasteiger partial charge in [0.2, 0.25) is 0 Å². The summed E-state index contributed by atoms with van der Waals surface area (Å²) in [4.78, 5) is 10.3. The lowest BCUT2D eigenvalue weighted by Gasteiger charge is -2.14. The van der Waals surface area contributed by atoms with Crippen molar-refractivity contribution in [3.8, 4) is 5.75 Å². The summed E-state index contributed by atoms with van der Waals surface area (Å²) >= 11 is 3.42. The first-order valence-corrected chi connectivity index (χ1v) is 7.15. The summed E-state index contributed by atoms with van der Waals surface area (Å²) in [6, 6.07) is 10.3. The van der Waals surface area contributed by atoms with Gasteiger partial charge in [-0.15, -0.1) is 0 Å². The molecule has 0 fully saturated rings. The molecule has 0 saturated heterocycles. The first kappa shape index (κ1) is 15.5. The van der Waals surface area contributed by atoms with Crippen LogP contribution in [0.5, 0.6) is 5.75 Å². The number of benzene rings is 2. The Balaban J connectivity index is 2.20. The summed E-state index contributed by atoms with van der Waals surface area (Å²) in [6.07, 6.45) is 0. The van der Waals surface area contributed by atoms with Gasteiger partial charge in [-0.25, -0.2) is 0 Å². The molecule has 0 bridgehead atoms. The number of nitrogens with two attached hydrogens (primary N) is 1. The van der Waals surface area contributed by atoms with Gasteiger partial charge in [0.1, 0.15) is 12.4 Å². The molecule has 21 heavy (non-hydrogen) atoms. The average Bonchev–Trinajstić information content (AvgIpc) is 2.45. The molecule has 0 aromatic heterocycles. The van der Waals surface area contributed by atoms with Crippen molar-refractivity contribution in [1.29, 1.82) is 0 Å². The molecule has 0 spiro atoms. The zero-order chi connectivity index (χ0) is 15.4. The Kier molecular flexibility index (Phi) is 4.93. The summed E-state index contributed by atoms with van der Waals surface area (Å²) < 4.78 is 6.76. The van der Waals surface area contributed by atoms with Crippen LogP contribution >= 0.6 is 15.9 Å². The van der Waals surface area contributed by atoms with Crippen LogP contribution < -0.4 is 10.5 Å². The van der Waals surface area contributed by atoms with Crippen LogP contribution in [-0.4, -0.2) is 4.92 Å². The molecule has 5 nitrogen and oxygen atoms in total. The van der Waals surface area contributed by atoms with Crippen molar-refractivity contribution in [2.24, 2.45) is 5.73 Å². The third-order valence-corrected chi connectivity index (χ3v) is 3.50. The van der Waals surface area contributed by atoms with Crippen molar-refractivity contribution in [2.75, 3.05) is 0 Å². The fraction of sp³-hybridized carbons (Fsp3) is 0.200. The maximum absolute atomic E-state index is 10.8. The molecule has 0 aliphatic carbocycles. The number of nitro groups is 1. The van der Waals surface area contributed by atoms with E-state index in [4.69, 9.17) is 10.5 Å². The van der Waals surface area contributed by atoms with Gasteiger partial charge in [-0.05, 0) is 30.2 Å². The Morgan fingerprint density at radius 1 is 1.33 bits per heavy atom. The van der Waals surface area contributed by atoms with Crippen molar-refractivity contribution in [3.63, 3.8) is 0 Å². The minimum Gasteiger partial charge on any atom is -0.488 e. The summed E-state index contributed by atoms with van der Waals surface area (Å²) in [6.45, 7) is 2.56. The second kappa shape index (κ2) is 6.69. The molecule has 0 radical (unpaired) electrons. The van der Waals surface area contributed by atoms with Crippen molar-refractivity contribution in [1.82, 2.24) is 0 Å². The van der Waals surface area contributed by atoms with Crippen molar-refractivity contribution in [2.45, 2.75) is 20.1 Å². The van der Waals surface area contributed by atoms with Crippen LogP contribution in [-0.2, 0) is 13.2 Å². The van der Waals surface area contributed by atoms with E-state index in [-0.39, 0.29) is 12.3 Å². The highest BCUT2D eigenvalue weighted by Gasteiger charge is 2.10. The fourth-order valence-electron chi connectivity index (χ4n) is 2.07. The number of aryl methyl sites for hydroxylation is 1. The molecule has 2 N–H and O–H groups in total. The summed E-state index contributed by atoms with van der Waals surface area (Å²) in [7, 11) is 0. The second-order valence-corrected chi connectivity index (χ2v) is 5.55. The van der Waals surface area contributed by atoms with Crippen molar-refractivity contribution in [3.05, 3.63) is 67.7 Å². The number of hydrogen-bond acceptors (Lipinski definition) is 4. The first-order valence-electron chi connectivity index (χ1n) is 6.36. The van der Waals surface area contributed by atoms with Gasteiger partial charge in [-0.1, -0.05) is 28.1 Å². The van der Waals surface area contributed by atoms with E-state index in [1.54, 1.807) is 12.1 Å². The first-order chi connectivity index (χ1) is 10.0. The lowest BCUT2D eigenvalue weighted by molar-refractivity contribution is -0.384. The third kappa shape index (κ3) is 3.80. The van der Waals surface area contributed by atoms with Gasteiger partial charge in [0.15, 0.2) is 0 Å². The van der Waals surface area contributed by atoms with E-state index < -0.39 is 4.92 Å². The molecule has 0 atom stereocenters. The van der Waals surface area contributed by atoms with Crippen molar-refractivity contribution < 1.29 is 9.66 Å². The Hall–Kier alpha value is -1.92. The zero-order valence-electron chi connectivity index (χ0n) is 11.5. The maximum atomic E-state index is 10.8. The lowest BCUT2D eigenvalue weighted by Crippen LogP contribution is -2.05. The van der Waals surface area contributed by atoms with E-state index >= 15 is 0 Å². The van der Waals surface area contributed by atoms with E-state index in [0.29, 0.717) is 6.54 Å². The molecule has 0 saturated carbocycles. The fourth-order valence-corrected chi connectivity index (χ4v) is 2.69. The van der Waals surface area contributed by atoms with Crippen LogP contribution in [0.4, 0.5) is 5.69 Å². The number of non-ortho nitro benzene ring substituents is 1. The highest BCUT2D eigenvalue weighted by molar-refractivity contribution is 9.10. The molecule has 0 amide bonds. The van der Waals surface area contributed by atoms with Gasteiger partial charge in [0, 0.05) is 28.7 Å². The molecular formula is C15H15BrN2O3. The summed E-state index contributed by atoms with van der Waals surface area (Å²) in [5.41, 5.74) is 8.40. The van der Waals surface area contributed by atoms with Gasteiger partial charge < -0.3 is 10.5 Å². The Morgan fingerprint density at radius 3 is 2.76 bits per heavy atom. The van der Waals surface area contributed by atoms with Gasteiger partial charge in [-0.3, -0.25) is 10.1 Å². The summed E-state index contributed by atoms with van der Waals surface area (Å²) in [5, 5.41) is 10.8. The van der Waals surface area contributed by atoms with Crippen LogP contribution in [0.1, 0.15) is 16.7 Å². The lowest BCUT2D eigenvalue weighted by atomic mass is 10.1. The quantitative estimate of drug-likeness (QED) is 0.658. The van der Waals surface area contributed by atoms with E-state index in [0.717, 1.165) is 26.9 Å². The molecule has 110 valence electrons. The smallest absolute Gasteiger partial charge is 0.269 e. The third-order valence-electron chi connectivity index (χ3n) is 3.04. The van der Waals surface area contributed by atoms with Gasteiger partial charge in [-0.2, -0.15) is 0 Å². The van der Waals surface area contributed by atoms with Gasteiger partial charge in [0.05, 0.1) is 4.92 Å². The number of nitro benzene ring substituents is 1. The van der Waals surface area contributed by atoms with E-state index in [9.17, 15) is 10.1 Å². The zero-order valence-corrected chi connectivity index (χ0v) is 13.1. The topological polar surface area (TPSA) is 78.4 Å². The highest BCUT2D eigenvalue weighted by Crippen LogP contribution is 2.28. The van der Waals surface area contributed by atoms with Gasteiger partial charge >= 0.3 is 0 Å². The van der Waals surface area contributed by atoms with Crippen LogP contribution in [0.15, 0.2) is 40.9 Å². The SMILES string of the molecule is Cc1cc(Br)cc(CN)c1OCc1cccc([N+](=O)[O-])c1. The number of nitrogens with zero attached hydrogens (tertiary/aromatic N) is 1. The van der Waals surface area contributed by atoms with Crippen molar-refractivity contribution >= 4 is 21.6 Å². The molecule has 2 aromatic carbocycles. The number of halogens is 1. The van der Waals surface area contributed by atoms with Crippen LogP contribution in [0, 0.1) is 17.0 Å². The monoisotopic (exact) mass is 350 g/mol. The molecule has 0 heterocycles. The van der Waals surface area contributed by atoms with E-state index in [1.165, 1.54) is 12.1 Å². The molecular weight excluding hydrogens is 336 g/mol. The van der Waals surface area contributed by atoms with Crippen LogP contribution in [0.25, 0.3) is 0 Å². The standard InChI is InChI=1S/C15H15BrN2O3/c1-10-5-13(16)7-12(8-17)15(10)21-9-11-3-2-4-14(6-11)18(19)20/h2-7H,8-9,17H2,1H3. The second-order valence-electron chi connectivity index (χ2n) is 4.63. The predicted octanol–water partition coefficient (Wildman–Crippen LogP) is 3.70. The molecule has 2 rings (SSSR count). The number of ether oxygens (including phenoxy) is 1. The minimum absolute atomic E-state index is 0.0580. The Bertz CT molecular complexity index is 674. The normalized spacial score (nSPS) is 10.4. The van der Waals surface area contributed by atoms with Crippen LogP contribution in [0.3, 0.4) is 0 Å². The maximum Gasteiger partial charge on any atom is 0.269 e. The molecule has 0 aliphatic rings. The average molecular weight is 351 g/mol.